The summed E-state index contributed by atoms with van der Waals surface area (Å²) in [4.78, 5) is 14.0. The number of rotatable bonds is 6. The quantitative estimate of drug-likeness (QED) is 0.694. The largest absolute Gasteiger partial charge is 0.342 e. The zero-order valence-corrected chi connectivity index (χ0v) is 12.6. The van der Waals surface area contributed by atoms with Crippen molar-refractivity contribution in [3.05, 3.63) is 0 Å². The molecule has 1 rings (SSSR count). The summed E-state index contributed by atoms with van der Waals surface area (Å²) in [5.74, 6) is -0.0920. The third kappa shape index (κ3) is 4.58. The number of nitrogens with zero attached hydrogens (tertiary/aromatic N) is 1. The average Bonchev–Trinajstić information content (AvgIpc) is 2.64. The number of hydrogen-bond donors (Lipinski definition) is 0. The van der Waals surface area contributed by atoms with Crippen molar-refractivity contribution in [1.82, 2.24) is 4.90 Å². The fourth-order valence-corrected chi connectivity index (χ4v) is 4.19. The minimum Gasteiger partial charge on any atom is -0.342 e. The molecule has 6 heteroatoms. The third-order valence-electron chi connectivity index (χ3n) is 3.03. The molecule has 1 aliphatic heterocycles. The van der Waals surface area contributed by atoms with Gasteiger partial charge in [-0.1, -0.05) is 29.3 Å². The van der Waals surface area contributed by atoms with Crippen LogP contribution in [-0.2, 0) is 14.6 Å². The minimum atomic E-state index is -2.97. The van der Waals surface area contributed by atoms with Crippen LogP contribution in [0.15, 0.2) is 0 Å². The fraction of sp³-hybridized carbons (Fsp3) is 0.909. The van der Waals surface area contributed by atoms with Gasteiger partial charge in [-0.3, -0.25) is 4.79 Å². The van der Waals surface area contributed by atoms with Crippen LogP contribution in [0.1, 0.15) is 26.2 Å². The SMILES string of the molecule is CCCCN(CCBr)C(=O)C1CCS(=O)(=O)C1. The second kappa shape index (κ2) is 6.73. The predicted molar refractivity (Wildman–Crippen MR) is 72.0 cm³/mol. The lowest BCUT2D eigenvalue weighted by molar-refractivity contribution is -0.134. The van der Waals surface area contributed by atoms with Crippen LogP contribution in [-0.4, -0.2) is 49.2 Å². The number of alkyl halides is 1. The van der Waals surface area contributed by atoms with Gasteiger partial charge in [0.25, 0.3) is 0 Å². The van der Waals surface area contributed by atoms with Gasteiger partial charge in [-0.25, -0.2) is 8.42 Å². The summed E-state index contributed by atoms with van der Waals surface area (Å²) in [6, 6.07) is 0. The number of carbonyl (C=O) groups is 1. The zero-order valence-electron chi connectivity index (χ0n) is 10.2. The Hall–Kier alpha value is -0.100. The van der Waals surface area contributed by atoms with Crippen molar-refractivity contribution in [3.8, 4) is 0 Å². The van der Waals surface area contributed by atoms with Gasteiger partial charge < -0.3 is 4.90 Å². The van der Waals surface area contributed by atoms with Crippen LogP contribution in [0, 0.1) is 5.92 Å². The van der Waals surface area contributed by atoms with Gasteiger partial charge in [-0.2, -0.15) is 0 Å². The predicted octanol–water partition coefficient (Wildman–Crippen LogP) is 1.44. The summed E-state index contributed by atoms with van der Waals surface area (Å²) < 4.78 is 22.7. The molecule has 0 aromatic heterocycles. The van der Waals surface area contributed by atoms with Gasteiger partial charge in [0, 0.05) is 18.4 Å². The third-order valence-corrected chi connectivity index (χ3v) is 5.15. The van der Waals surface area contributed by atoms with Crippen LogP contribution in [0.4, 0.5) is 0 Å². The van der Waals surface area contributed by atoms with Crippen LogP contribution in [0.3, 0.4) is 0 Å². The molecule has 1 aliphatic rings. The number of hydrogen-bond acceptors (Lipinski definition) is 3. The van der Waals surface area contributed by atoms with Gasteiger partial charge in [-0.15, -0.1) is 0 Å². The maximum atomic E-state index is 12.2. The second-order valence-corrected chi connectivity index (χ2v) is 7.49. The average molecular weight is 326 g/mol. The van der Waals surface area contributed by atoms with E-state index < -0.39 is 9.84 Å². The summed E-state index contributed by atoms with van der Waals surface area (Å²) in [7, 11) is -2.97. The van der Waals surface area contributed by atoms with Crippen molar-refractivity contribution in [2.45, 2.75) is 26.2 Å². The van der Waals surface area contributed by atoms with Gasteiger partial charge in [0.1, 0.15) is 0 Å². The van der Waals surface area contributed by atoms with Crippen molar-refractivity contribution in [3.63, 3.8) is 0 Å². The highest BCUT2D eigenvalue weighted by Gasteiger charge is 2.34. The second-order valence-electron chi connectivity index (χ2n) is 4.47. The molecule has 1 saturated heterocycles. The summed E-state index contributed by atoms with van der Waals surface area (Å²) in [5.41, 5.74) is 0. The number of halogens is 1. The van der Waals surface area contributed by atoms with E-state index in [9.17, 15) is 13.2 Å². The number of amides is 1. The Morgan fingerprint density at radius 1 is 1.41 bits per heavy atom. The molecule has 0 aliphatic carbocycles. The Labute approximate surface area is 112 Å². The summed E-state index contributed by atoms with van der Waals surface area (Å²) in [5, 5.41) is 0.738. The highest BCUT2D eigenvalue weighted by molar-refractivity contribution is 9.09. The molecule has 0 spiro atoms. The summed E-state index contributed by atoms with van der Waals surface area (Å²) in [6.07, 6.45) is 2.50. The van der Waals surface area contributed by atoms with E-state index in [4.69, 9.17) is 0 Å². The lowest BCUT2D eigenvalue weighted by Gasteiger charge is -2.24. The zero-order chi connectivity index (χ0) is 12.9. The number of sulfone groups is 1. The number of unbranched alkanes of at least 4 members (excludes halogenated alkanes) is 1. The van der Waals surface area contributed by atoms with Crippen molar-refractivity contribution < 1.29 is 13.2 Å². The van der Waals surface area contributed by atoms with E-state index in [0.29, 0.717) is 13.0 Å². The molecule has 1 unspecified atom stereocenters. The lowest BCUT2D eigenvalue weighted by atomic mass is 10.1. The first-order valence-corrected chi connectivity index (χ1v) is 8.99. The molecule has 17 heavy (non-hydrogen) atoms. The van der Waals surface area contributed by atoms with E-state index in [1.165, 1.54) is 0 Å². The molecule has 100 valence electrons. The molecular formula is C11H20BrNO3S. The van der Waals surface area contributed by atoms with Crippen LogP contribution >= 0.6 is 15.9 Å². The molecule has 1 fully saturated rings. The maximum absolute atomic E-state index is 12.2. The van der Waals surface area contributed by atoms with E-state index in [0.717, 1.165) is 24.7 Å². The molecule has 0 radical (unpaired) electrons. The molecule has 0 N–H and O–H groups in total. The van der Waals surface area contributed by atoms with Gasteiger partial charge >= 0.3 is 0 Å². The van der Waals surface area contributed by atoms with Gasteiger partial charge in [-0.05, 0) is 12.8 Å². The minimum absolute atomic E-state index is 0.0129. The molecule has 4 nitrogen and oxygen atoms in total. The molecule has 1 atom stereocenters. The van der Waals surface area contributed by atoms with Gasteiger partial charge in [0.05, 0.1) is 17.4 Å². The topological polar surface area (TPSA) is 54.5 Å². The Morgan fingerprint density at radius 2 is 2.12 bits per heavy atom. The van der Waals surface area contributed by atoms with Crippen LogP contribution in [0.25, 0.3) is 0 Å². The van der Waals surface area contributed by atoms with E-state index in [2.05, 4.69) is 22.9 Å². The molecule has 1 heterocycles. The van der Waals surface area contributed by atoms with Gasteiger partial charge in [0.2, 0.25) is 5.91 Å². The standard InChI is InChI=1S/C11H20BrNO3S/c1-2-3-6-13(7-5-12)11(14)10-4-8-17(15,16)9-10/h10H,2-9H2,1H3. The number of carbonyl (C=O) groups excluding carboxylic acids is 1. The molecule has 0 bridgehead atoms. The highest BCUT2D eigenvalue weighted by atomic mass is 79.9. The van der Waals surface area contributed by atoms with Crippen LogP contribution in [0.5, 0.6) is 0 Å². The first-order chi connectivity index (χ1) is 8.00. The van der Waals surface area contributed by atoms with E-state index >= 15 is 0 Å². The van der Waals surface area contributed by atoms with E-state index in [1.807, 2.05) is 0 Å². The van der Waals surface area contributed by atoms with Crippen LogP contribution < -0.4 is 0 Å². The molecule has 1 amide bonds. The van der Waals surface area contributed by atoms with Crippen molar-refractivity contribution in [2.24, 2.45) is 5.92 Å². The van der Waals surface area contributed by atoms with E-state index in [1.54, 1.807) is 4.90 Å². The fourth-order valence-electron chi connectivity index (χ4n) is 2.03. The van der Waals surface area contributed by atoms with Crippen molar-refractivity contribution in [1.29, 1.82) is 0 Å². The summed E-state index contributed by atoms with van der Waals surface area (Å²) >= 11 is 3.33. The monoisotopic (exact) mass is 325 g/mol. The lowest BCUT2D eigenvalue weighted by Crippen LogP contribution is -2.38. The Kier molecular flexibility index (Phi) is 5.92. The van der Waals surface area contributed by atoms with Crippen molar-refractivity contribution >= 4 is 31.7 Å². The highest BCUT2D eigenvalue weighted by Crippen LogP contribution is 2.21. The maximum Gasteiger partial charge on any atom is 0.226 e. The smallest absolute Gasteiger partial charge is 0.226 e. The normalized spacial score (nSPS) is 22.6. The molecular weight excluding hydrogens is 306 g/mol. The van der Waals surface area contributed by atoms with Gasteiger partial charge in [0.15, 0.2) is 9.84 Å². The van der Waals surface area contributed by atoms with E-state index in [-0.39, 0.29) is 23.3 Å². The molecule has 0 saturated carbocycles. The first-order valence-electron chi connectivity index (χ1n) is 6.05. The molecule has 0 aromatic rings. The summed E-state index contributed by atoms with van der Waals surface area (Å²) in [6.45, 7) is 3.48. The Balaban J connectivity index is 2.58. The van der Waals surface area contributed by atoms with Crippen molar-refractivity contribution in [2.75, 3.05) is 29.9 Å². The van der Waals surface area contributed by atoms with Crippen LogP contribution in [0.2, 0.25) is 0 Å². The first kappa shape index (κ1) is 15.0. The molecule has 0 aromatic carbocycles. The Bertz CT molecular complexity index is 356. The Morgan fingerprint density at radius 3 is 2.59 bits per heavy atom.